The van der Waals surface area contributed by atoms with Crippen LogP contribution in [-0.2, 0) is 13.0 Å². The van der Waals surface area contributed by atoms with Crippen molar-refractivity contribution in [3.05, 3.63) is 83.9 Å². The second-order valence-corrected chi connectivity index (χ2v) is 5.66. The van der Waals surface area contributed by atoms with Crippen molar-refractivity contribution in [3.63, 3.8) is 0 Å². The highest BCUT2D eigenvalue weighted by atomic mass is 19.1. The number of carbonyl (C=O) groups excluding carboxylic acids is 1. The van der Waals surface area contributed by atoms with Gasteiger partial charge in [-0.25, -0.2) is 9.18 Å². The van der Waals surface area contributed by atoms with Crippen molar-refractivity contribution < 1.29 is 9.18 Å². The van der Waals surface area contributed by atoms with E-state index in [1.165, 1.54) is 12.1 Å². The van der Waals surface area contributed by atoms with Gasteiger partial charge in [0.15, 0.2) is 0 Å². The molecule has 3 rings (SSSR count). The van der Waals surface area contributed by atoms with Crippen molar-refractivity contribution in [1.82, 2.24) is 15.1 Å². The average molecular weight is 338 g/mol. The van der Waals surface area contributed by atoms with Crippen LogP contribution in [0, 0.1) is 5.82 Å². The third kappa shape index (κ3) is 5.17. The number of carbonyl (C=O) groups is 1. The molecule has 2 aromatic carbocycles. The highest BCUT2D eigenvalue weighted by molar-refractivity contribution is 5.89. The predicted octanol–water partition coefficient (Wildman–Crippen LogP) is 3.43. The van der Waals surface area contributed by atoms with Gasteiger partial charge in [-0.05, 0) is 47.9 Å². The summed E-state index contributed by atoms with van der Waals surface area (Å²) in [5.74, 6) is -0.268. The Balaban J connectivity index is 1.49. The summed E-state index contributed by atoms with van der Waals surface area (Å²) in [6.45, 7) is 1.08. The van der Waals surface area contributed by atoms with E-state index in [9.17, 15) is 9.18 Å². The van der Waals surface area contributed by atoms with Crippen LogP contribution in [0.1, 0.15) is 11.1 Å². The number of anilines is 1. The van der Waals surface area contributed by atoms with E-state index in [1.807, 2.05) is 47.3 Å². The molecule has 25 heavy (non-hydrogen) atoms. The van der Waals surface area contributed by atoms with Crippen LogP contribution >= 0.6 is 0 Å². The van der Waals surface area contributed by atoms with E-state index >= 15 is 0 Å². The van der Waals surface area contributed by atoms with Gasteiger partial charge in [0.2, 0.25) is 0 Å². The number of rotatable bonds is 6. The van der Waals surface area contributed by atoms with Crippen molar-refractivity contribution in [2.45, 2.75) is 13.0 Å². The second kappa shape index (κ2) is 8.10. The zero-order valence-electron chi connectivity index (χ0n) is 13.7. The molecule has 0 radical (unpaired) electrons. The number of nitrogens with zero attached hydrogens (tertiary/aromatic N) is 2. The summed E-state index contributed by atoms with van der Waals surface area (Å²) >= 11 is 0. The van der Waals surface area contributed by atoms with Crippen molar-refractivity contribution >= 4 is 11.7 Å². The SMILES string of the molecule is O=C(NCCc1cccc(F)c1)Nc1cccc(Cn2cccn2)c1. The third-order valence-electron chi connectivity index (χ3n) is 3.68. The minimum atomic E-state index is -0.285. The number of halogens is 1. The molecule has 0 saturated heterocycles. The Morgan fingerprint density at radius 2 is 1.92 bits per heavy atom. The first-order chi connectivity index (χ1) is 12.2. The number of benzene rings is 2. The lowest BCUT2D eigenvalue weighted by molar-refractivity contribution is 0.252. The van der Waals surface area contributed by atoms with Crippen LogP contribution in [0.25, 0.3) is 0 Å². The maximum atomic E-state index is 13.1. The zero-order chi connectivity index (χ0) is 17.5. The fraction of sp³-hybridized carbons (Fsp3) is 0.158. The second-order valence-electron chi connectivity index (χ2n) is 5.66. The Morgan fingerprint density at radius 3 is 2.72 bits per heavy atom. The highest BCUT2D eigenvalue weighted by Gasteiger charge is 2.03. The lowest BCUT2D eigenvalue weighted by Crippen LogP contribution is -2.30. The van der Waals surface area contributed by atoms with Gasteiger partial charge in [0, 0.05) is 24.6 Å². The molecule has 0 unspecified atom stereocenters. The summed E-state index contributed by atoms with van der Waals surface area (Å²) in [7, 11) is 0. The Labute approximate surface area is 145 Å². The monoisotopic (exact) mass is 338 g/mol. The highest BCUT2D eigenvalue weighted by Crippen LogP contribution is 2.11. The molecule has 0 spiro atoms. The summed E-state index contributed by atoms with van der Waals surface area (Å²) in [4.78, 5) is 12.0. The molecule has 2 N–H and O–H groups in total. The Morgan fingerprint density at radius 1 is 1.08 bits per heavy atom. The number of urea groups is 1. The standard InChI is InChI=1S/C19H19FN4O/c20-17-6-1-4-15(12-17)8-10-21-19(25)23-18-7-2-5-16(13-18)14-24-11-3-9-22-24/h1-7,9,11-13H,8,10,14H2,(H2,21,23,25). The largest absolute Gasteiger partial charge is 0.338 e. The van der Waals surface area contributed by atoms with Gasteiger partial charge >= 0.3 is 6.03 Å². The molecule has 0 saturated carbocycles. The van der Waals surface area contributed by atoms with E-state index in [0.717, 1.165) is 11.1 Å². The van der Waals surface area contributed by atoms with E-state index < -0.39 is 0 Å². The number of amides is 2. The molecule has 128 valence electrons. The van der Waals surface area contributed by atoms with Crippen LogP contribution in [0.4, 0.5) is 14.9 Å². The number of nitrogens with one attached hydrogen (secondary N) is 2. The van der Waals surface area contributed by atoms with Crippen LogP contribution in [0.15, 0.2) is 67.0 Å². The van der Waals surface area contributed by atoms with Crippen molar-refractivity contribution in [2.75, 3.05) is 11.9 Å². The maximum Gasteiger partial charge on any atom is 0.319 e. The Kier molecular flexibility index (Phi) is 5.41. The minimum absolute atomic E-state index is 0.268. The topological polar surface area (TPSA) is 59.0 Å². The van der Waals surface area contributed by atoms with Gasteiger partial charge in [0.1, 0.15) is 5.82 Å². The summed E-state index contributed by atoms with van der Waals surface area (Å²) in [6, 6.07) is 15.6. The molecule has 6 heteroatoms. The smallest absolute Gasteiger partial charge is 0.319 e. The molecule has 0 bridgehead atoms. The minimum Gasteiger partial charge on any atom is -0.338 e. The maximum absolute atomic E-state index is 13.1. The summed E-state index contributed by atoms with van der Waals surface area (Å²) in [5.41, 5.74) is 2.61. The molecule has 0 fully saturated rings. The van der Waals surface area contributed by atoms with E-state index in [0.29, 0.717) is 25.2 Å². The molecule has 0 aliphatic carbocycles. The summed E-state index contributed by atoms with van der Waals surface area (Å²) in [5, 5.41) is 9.75. The quantitative estimate of drug-likeness (QED) is 0.723. The van der Waals surface area contributed by atoms with Crippen LogP contribution in [0.3, 0.4) is 0 Å². The normalized spacial score (nSPS) is 10.4. The number of hydrogen-bond donors (Lipinski definition) is 2. The molecular formula is C19H19FN4O. The molecule has 1 heterocycles. The van der Waals surface area contributed by atoms with Crippen molar-refractivity contribution in [1.29, 1.82) is 0 Å². The first-order valence-electron chi connectivity index (χ1n) is 8.05. The van der Waals surface area contributed by atoms with Gasteiger partial charge < -0.3 is 10.6 Å². The molecule has 0 aliphatic rings. The lowest BCUT2D eigenvalue weighted by atomic mass is 10.1. The average Bonchev–Trinajstić information content (AvgIpc) is 3.08. The third-order valence-corrected chi connectivity index (χ3v) is 3.68. The Bertz CT molecular complexity index is 833. The van der Waals surface area contributed by atoms with Gasteiger partial charge in [-0.1, -0.05) is 24.3 Å². The molecule has 2 amide bonds. The van der Waals surface area contributed by atoms with Crippen LogP contribution in [-0.4, -0.2) is 22.4 Å². The van der Waals surface area contributed by atoms with Crippen LogP contribution < -0.4 is 10.6 Å². The van der Waals surface area contributed by atoms with Gasteiger partial charge in [0.05, 0.1) is 6.54 Å². The zero-order valence-corrected chi connectivity index (χ0v) is 13.7. The number of hydrogen-bond acceptors (Lipinski definition) is 2. The molecule has 5 nitrogen and oxygen atoms in total. The number of aromatic nitrogens is 2. The van der Waals surface area contributed by atoms with Gasteiger partial charge in [-0.15, -0.1) is 0 Å². The molecule has 0 atom stereocenters. The van der Waals surface area contributed by atoms with Gasteiger partial charge in [-0.3, -0.25) is 4.68 Å². The first kappa shape index (κ1) is 16.7. The predicted molar refractivity (Wildman–Crippen MR) is 94.9 cm³/mol. The molecule has 1 aromatic heterocycles. The fourth-order valence-corrected chi connectivity index (χ4v) is 2.52. The van der Waals surface area contributed by atoms with E-state index in [1.54, 1.807) is 12.3 Å². The summed E-state index contributed by atoms with van der Waals surface area (Å²) in [6.07, 6.45) is 4.19. The summed E-state index contributed by atoms with van der Waals surface area (Å²) < 4.78 is 14.9. The lowest BCUT2D eigenvalue weighted by Gasteiger charge is -2.09. The van der Waals surface area contributed by atoms with Crippen LogP contribution in [0.5, 0.6) is 0 Å². The van der Waals surface area contributed by atoms with E-state index in [2.05, 4.69) is 15.7 Å². The molecule has 0 aliphatic heterocycles. The molecule has 3 aromatic rings. The van der Waals surface area contributed by atoms with Gasteiger partial charge in [0.25, 0.3) is 0 Å². The van der Waals surface area contributed by atoms with E-state index in [-0.39, 0.29) is 11.8 Å². The Hall–Kier alpha value is -3.15. The first-order valence-corrected chi connectivity index (χ1v) is 8.05. The van der Waals surface area contributed by atoms with E-state index in [4.69, 9.17) is 0 Å². The molecular weight excluding hydrogens is 319 g/mol. The van der Waals surface area contributed by atoms with Crippen molar-refractivity contribution in [2.24, 2.45) is 0 Å². The fourth-order valence-electron chi connectivity index (χ4n) is 2.52. The van der Waals surface area contributed by atoms with Crippen LogP contribution in [0.2, 0.25) is 0 Å². The van der Waals surface area contributed by atoms with Gasteiger partial charge in [-0.2, -0.15) is 5.10 Å². The van der Waals surface area contributed by atoms with Crippen molar-refractivity contribution in [3.8, 4) is 0 Å².